The second-order valence-electron chi connectivity index (χ2n) is 3.62. The molecule has 1 aromatic carbocycles. The molecule has 1 atom stereocenters. The number of benzene rings is 1. The molecule has 0 saturated heterocycles. The number of alkyl halides is 1. The van der Waals surface area contributed by atoms with Crippen LogP contribution in [-0.4, -0.2) is 10.6 Å². The van der Waals surface area contributed by atoms with E-state index < -0.39 is 0 Å². The Morgan fingerprint density at radius 2 is 2.19 bits per heavy atom. The predicted molar refractivity (Wildman–Crippen MR) is 70.4 cm³/mol. The van der Waals surface area contributed by atoms with E-state index in [2.05, 4.69) is 31.9 Å². The first-order valence-corrected chi connectivity index (χ1v) is 6.86. The van der Waals surface area contributed by atoms with Crippen LogP contribution in [0.3, 0.4) is 0 Å². The summed E-state index contributed by atoms with van der Waals surface area (Å²) < 4.78 is 13.9. The molecule has 0 aliphatic carbocycles. The number of Topliss-reactive ketones (excluding diaryl/α,β-unsaturated/α-hetero) is 1. The first kappa shape index (κ1) is 13.8. The number of ketones is 1. The maximum absolute atomic E-state index is 13.0. The van der Waals surface area contributed by atoms with Gasteiger partial charge in [-0.2, -0.15) is 0 Å². The van der Waals surface area contributed by atoms with Crippen molar-refractivity contribution in [3.63, 3.8) is 0 Å². The van der Waals surface area contributed by atoms with Crippen molar-refractivity contribution in [2.24, 2.45) is 0 Å². The van der Waals surface area contributed by atoms with Gasteiger partial charge in [0.25, 0.3) is 0 Å². The van der Waals surface area contributed by atoms with Crippen LogP contribution in [0.4, 0.5) is 4.39 Å². The molecule has 0 N–H and O–H groups in total. The lowest BCUT2D eigenvalue weighted by atomic mass is 10.1. The summed E-state index contributed by atoms with van der Waals surface area (Å²) in [6, 6.07) is 4.51. The molecule has 0 fully saturated rings. The Bertz CT molecular complexity index is 379. The average Bonchev–Trinajstić information content (AvgIpc) is 2.23. The van der Waals surface area contributed by atoms with Crippen molar-refractivity contribution in [2.45, 2.75) is 31.0 Å². The molecule has 0 amide bonds. The number of halogens is 3. The van der Waals surface area contributed by atoms with E-state index in [9.17, 15) is 9.18 Å². The molecule has 0 aromatic heterocycles. The molecule has 0 spiro atoms. The van der Waals surface area contributed by atoms with Crippen molar-refractivity contribution in [3.8, 4) is 0 Å². The zero-order valence-corrected chi connectivity index (χ0v) is 12.1. The maximum atomic E-state index is 13.0. The predicted octanol–water partition coefficient (Wildman–Crippen LogP) is 4.26. The van der Waals surface area contributed by atoms with E-state index in [1.807, 2.05) is 6.92 Å². The van der Waals surface area contributed by atoms with Gasteiger partial charge in [0.1, 0.15) is 11.6 Å². The van der Waals surface area contributed by atoms with Gasteiger partial charge in [-0.05, 0) is 36.6 Å². The van der Waals surface area contributed by atoms with Crippen LogP contribution in [0.1, 0.15) is 25.3 Å². The summed E-state index contributed by atoms with van der Waals surface area (Å²) in [5.41, 5.74) is 0.811. The van der Waals surface area contributed by atoms with Crippen LogP contribution in [0.5, 0.6) is 0 Å². The van der Waals surface area contributed by atoms with Crippen molar-refractivity contribution in [1.82, 2.24) is 0 Å². The molecule has 0 saturated carbocycles. The lowest BCUT2D eigenvalue weighted by Gasteiger charge is -2.10. The minimum atomic E-state index is -0.277. The van der Waals surface area contributed by atoms with Crippen LogP contribution in [0, 0.1) is 5.82 Å². The van der Waals surface area contributed by atoms with Gasteiger partial charge >= 0.3 is 0 Å². The highest BCUT2D eigenvalue weighted by molar-refractivity contribution is 9.10. The Balaban J connectivity index is 2.72. The van der Waals surface area contributed by atoms with E-state index in [1.165, 1.54) is 12.1 Å². The van der Waals surface area contributed by atoms with Crippen LogP contribution in [-0.2, 0) is 11.2 Å². The molecule has 1 unspecified atom stereocenters. The van der Waals surface area contributed by atoms with E-state index in [4.69, 9.17) is 0 Å². The third-order valence-electron chi connectivity index (χ3n) is 2.25. The summed E-state index contributed by atoms with van der Waals surface area (Å²) in [4.78, 5) is 11.4. The minimum absolute atomic E-state index is 0.165. The Morgan fingerprint density at radius 1 is 1.50 bits per heavy atom. The normalized spacial score (nSPS) is 12.5. The fourth-order valence-electron chi connectivity index (χ4n) is 1.41. The third kappa shape index (κ3) is 3.98. The van der Waals surface area contributed by atoms with Gasteiger partial charge < -0.3 is 0 Å². The largest absolute Gasteiger partial charge is 0.298 e. The second kappa shape index (κ2) is 6.50. The smallest absolute Gasteiger partial charge is 0.146 e. The fraction of sp³-hybridized carbons (Fsp3) is 0.417. The van der Waals surface area contributed by atoms with Crippen molar-refractivity contribution in [1.29, 1.82) is 0 Å². The van der Waals surface area contributed by atoms with Crippen LogP contribution in [0.2, 0.25) is 0 Å². The van der Waals surface area contributed by atoms with Crippen molar-refractivity contribution >= 4 is 37.6 Å². The monoisotopic (exact) mass is 350 g/mol. The van der Waals surface area contributed by atoms with Crippen LogP contribution in [0.15, 0.2) is 22.7 Å². The van der Waals surface area contributed by atoms with E-state index >= 15 is 0 Å². The Kier molecular flexibility index (Phi) is 5.62. The first-order chi connectivity index (χ1) is 7.54. The van der Waals surface area contributed by atoms with E-state index in [-0.39, 0.29) is 16.4 Å². The molecule has 0 aliphatic heterocycles. The average molecular weight is 352 g/mol. The van der Waals surface area contributed by atoms with Gasteiger partial charge in [-0.1, -0.05) is 38.8 Å². The molecular weight excluding hydrogens is 339 g/mol. The third-order valence-corrected chi connectivity index (χ3v) is 3.86. The van der Waals surface area contributed by atoms with Gasteiger partial charge in [0, 0.05) is 10.9 Å². The number of carbonyl (C=O) groups excluding carboxylic acids is 1. The van der Waals surface area contributed by atoms with Gasteiger partial charge in [-0.25, -0.2) is 4.39 Å². The summed E-state index contributed by atoms with van der Waals surface area (Å²) in [5, 5.41) is 0. The first-order valence-electron chi connectivity index (χ1n) is 5.15. The van der Waals surface area contributed by atoms with Crippen LogP contribution in [0.25, 0.3) is 0 Å². The molecule has 88 valence electrons. The highest BCUT2D eigenvalue weighted by Gasteiger charge is 2.16. The van der Waals surface area contributed by atoms with E-state index in [0.29, 0.717) is 12.8 Å². The van der Waals surface area contributed by atoms with Crippen LogP contribution < -0.4 is 0 Å². The number of carbonyl (C=O) groups is 1. The van der Waals surface area contributed by atoms with Gasteiger partial charge in [-0.3, -0.25) is 4.79 Å². The van der Waals surface area contributed by atoms with Crippen molar-refractivity contribution < 1.29 is 9.18 Å². The Labute approximate surface area is 112 Å². The number of hydrogen-bond donors (Lipinski definition) is 0. The second-order valence-corrected chi connectivity index (χ2v) is 5.58. The summed E-state index contributed by atoms with van der Waals surface area (Å²) in [6.45, 7) is 1.97. The van der Waals surface area contributed by atoms with E-state index in [0.717, 1.165) is 16.5 Å². The summed E-state index contributed by atoms with van der Waals surface area (Å²) in [5.74, 6) is -0.112. The molecule has 0 aliphatic rings. The Hall–Kier alpha value is -0.220. The highest BCUT2D eigenvalue weighted by Crippen LogP contribution is 2.22. The molecule has 0 radical (unpaired) electrons. The molecule has 1 nitrogen and oxygen atoms in total. The lowest BCUT2D eigenvalue weighted by Crippen LogP contribution is -2.16. The number of rotatable bonds is 5. The van der Waals surface area contributed by atoms with Crippen LogP contribution >= 0.6 is 31.9 Å². The standard InChI is InChI=1S/C12H13Br2FO/c1-2-3-12(16)11(14)7-8-6-9(15)4-5-10(8)13/h4-6,11H,2-3,7H2,1H3. The minimum Gasteiger partial charge on any atom is -0.298 e. The molecule has 1 rings (SSSR count). The highest BCUT2D eigenvalue weighted by atomic mass is 79.9. The summed E-state index contributed by atoms with van der Waals surface area (Å²) >= 11 is 6.70. The molecule has 0 heterocycles. The molecule has 0 bridgehead atoms. The topological polar surface area (TPSA) is 17.1 Å². The SMILES string of the molecule is CCCC(=O)C(Br)Cc1cc(F)ccc1Br. The molecular formula is C12H13Br2FO. The van der Waals surface area contributed by atoms with Gasteiger partial charge in [-0.15, -0.1) is 0 Å². The lowest BCUT2D eigenvalue weighted by molar-refractivity contribution is -0.118. The molecule has 4 heteroatoms. The van der Waals surface area contributed by atoms with Crippen molar-refractivity contribution in [3.05, 3.63) is 34.1 Å². The summed E-state index contributed by atoms with van der Waals surface area (Å²) in [6.07, 6.45) is 1.91. The van der Waals surface area contributed by atoms with Gasteiger partial charge in [0.15, 0.2) is 0 Å². The molecule has 1 aromatic rings. The van der Waals surface area contributed by atoms with Gasteiger partial charge in [0.2, 0.25) is 0 Å². The number of hydrogen-bond acceptors (Lipinski definition) is 1. The Morgan fingerprint density at radius 3 is 2.81 bits per heavy atom. The van der Waals surface area contributed by atoms with E-state index in [1.54, 1.807) is 6.07 Å². The summed E-state index contributed by atoms with van der Waals surface area (Å²) in [7, 11) is 0. The maximum Gasteiger partial charge on any atom is 0.146 e. The zero-order valence-electron chi connectivity index (χ0n) is 8.97. The fourth-order valence-corrected chi connectivity index (χ4v) is 2.40. The zero-order chi connectivity index (χ0) is 12.1. The van der Waals surface area contributed by atoms with Gasteiger partial charge in [0.05, 0.1) is 4.83 Å². The molecule has 16 heavy (non-hydrogen) atoms. The quantitative estimate of drug-likeness (QED) is 0.724. The van der Waals surface area contributed by atoms with Crippen molar-refractivity contribution in [2.75, 3.05) is 0 Å².